The van der Waals surface area contributed by atoms with Crippen molar-refractivity contribution in [1.82, 2.24) is 14.5 Å². The van der Waals surface area contributed by atoms with Gasteiger partial charge >= 0.3 is 0 Å². The van der Waals surface area contributed by atoms with Crippen LogP contribution in [-0.4, -0.2) is 38.6 Å². The summed E-state index contributed by atoms with van der Waals surface area (Å²) in [6.45, 7) is 1.80. The van der Waals surface area contributed by atoms with Gasteiger partial charge < -0.3 is 14.6 Å². The van der Waals surface area contributed by atoms with E-state index in [1.807, 2.05) is 33.7 Å². The van der Waals surface area contributed by atoms with Gasteiger partial charge in [-0.1, -0.05) is 25.0 Å². The Morgan fingerprint density at radius 2 is 1.86 bits per heavy atom. The van der Waals surface area contributed by atoms with Crippen LogP contribution in [0.4, 0.5) is 0 Å². The van der Waals surface area contributed by atoms with Crippen LogP contribution in [0.2, 0.25) is 0 Å². The lowest BCUT2D eigenvalue weighted by atomic mass is 10.2. The number of hydrogen-bond acceptors (Lipinski definition) is 3. The normalized spacial score (nSPS) is 16.1. The molecule has 2 heterocycles. The van der Waals surface area contributed by atoms with Crippen LogP contribution in [0.5, 0.6) is 0 Å². The monoisotopic (exact) mass is 287 g/mol. The highest BCUT2D eigenvalue weighted by Crippen LogP contribution is 2.17. The average molecular weight is 287 g/mol. The molecule has 1 fully saturated rings. The summed E-state index contributed by atoms with van der Waals surface area (Å²) in [7, 11) is 0. The number of aliphatic hydroxyl groups excluding tert-OH is 1. The van der Waals surface area contributed by atoms with Crippen LogP contribution >= 0.6 is 0 Å². The molecule has 0 atom stereocenters. The molecule has 0 radical (unpaired) electrons. The summed E-state index contributed by atoms with van der Waals surface area (Å²) < 4.78 is 1.84. The van der Waals surface area contributed by atoms with Crippen molar-refractivity contribution in [3.05, 3.63) is 30.1 Å². The van der Waals surface area contributed by atoms with Gasteiger partial charge in [0.2, 0.25) is 5.91 Å². The molecular formula is C16H21N3O2. The van der Waals surface area contributed by atoms with Crippen LogP contribution < -0.4 is 0 Å². The van der Waals surface area contributed by atoms with Crippen molar-refractivity contribution < 1.29 is 9.90 Å². The van der Waals surface area contributed by atoms with Crippen LogP contribution in [0, 0.1) is 0 Å². The van der Waals surface area contributed by atoms with E-state index in [4.69, 9.17) is 0 Å². The van der Waals surface area contributed by atoms with Crippen molar-refractivity contribution in [2.75, 3.05) is 13.1 Å². The molecule has 0 saturated carbocycles. The zero-order valence-corrected chi connectivity index (χ0v) is 12.2. The fourth-order valence-electron chi connectivity index (χ4n) is 2.98. The third-order valence-corrected chi connectivity index (χ3v) is 4.13. The Bertz CT molecular complexity index is 627. The van der Waals surface area contributed by atoms with E-state index < -0.39 is 0 Å². The number of para-hydroxylation sites is 2. The third kappa shape index (κ3) is 2.93. The molecular weight excluding hydrogens is 266 g/mol. The van der Waals surface area contributed by atoms with Gasteiger partial charge in [-0.3, -0.25) is 4.79 Å². The smallest absolute Gasteiger partial charge is 0.242 e. The van der Waals surface area contributed by atoms with Crippen LogP contribution in [-0.2, 0) is 17.9 Å². The Hall–Kier alpha value is -1.88. The maximum Gasteiger partial charge on any atom is 0.242 e. The van der Waals surface area contributed by atoms with Gasteiger partial charge in [-0.25, -0.2) is 4.98 Å². The Balaban J connectivity index is 1.84. The first kappa shape index (κ1) is 14.1. The number of benzene rings is 1. The second kappa shape index (κ2) is 6.26. The molecule has 2 aromatic rings. The predicted octanol–water partition coefficient (Wildman–Crippen LogP) is 1.93. The second-order valence-electron chi connectivity index (χ2n) is 5.56. The van der Waals surface area contributed by atoms with E-state index in [1.165, 1.54) is 12.8 Å². The lowest BCUT2D eigenvalue weighted by Gasteiger charge is -2.21. The van der Waals surface area contributed by atoms with Crippen molar-refractivity contribution in [3.63, 3.8) is 0 Å². The van der Waals surface area contributed by atoms with Gasteiger partial charge in [0, 0.05) is 13.1 Å². The summed E-state index contributed by atoms with van der Waals surface area (Å²) in [6, 6.07) is 7.69. The summed E-state index contributed by atoms with van der Waals surface area (Å²) in [5, 5.41) is 9.48. The Morgan fingerprint density at radius 1 is 1.14 bits per heavy atom. The fourth-order valence-corrected chi connectivity index (χ4v) is 2.98. The molecule has 21 heavy (non-hydrogen) atoms. The van der Waals surface area contributed by atoms with Gasteiger partial charge in [-0.05, 0) is 25.0 Å². The summed E-state index contributed by atoms with van der Waals surface area (Å²) in [5.74, 6) is 0.675. The van der Waals surface area contributed by atoms with Gasteiger partial charge in [-0.15, -0.1) is 0 Å². The number of carbonyl (C=O) groups is 1. The molecule has 1 N–H and O–H groups in total. The van der Waals surface area contributed by atoms with E-state index >= 15 is 0 Å². The maximum absolute atomic E-state index is 12.5. The zero-order valence-electron chi connectivity index (χ0n) is 12.2. The molecule has 3 rings (SSSR count). The van der Waals surface area contributed by atoms with Crippen molar-refractivity contribution >= 4 is 16.9 Å². The number of imidazole rings is 1. The molecule has 1 aliphatic rings. The number of amides is 1. The number of carbonyl (C=O) groups excluding carboxylic acids is 1. The summed E-state index contributed by atoms with van der Waals surface area (Å²) in [5.41, 5.74) is 1.73. The number of aliphatic hydroxyl groups is 1. The van der Waals surface area contributed by atoms with Crippen molar-refractivity contribution in [2.24, 2.45) is 0 Å². The number of fused-ring (bicyclic) bond motifs is 1. The molecule has 0 bridgehead atoms. The molecule has 112 valence electrons. The first-order chi connectivity index (χ1) is 10.3. The molecule has 1 amide bonds. The Labute approximate surface area is 124 Å². The second-order valence-corrected chi connectivity index (χ2v) is 5.56. The van der Waals surface area contributed by atoms with E-state index in [1.54, 1.807) is 0 Å². The first-order valence-electron chi connectivity index (χ1n) is 7.62. The minimum atomic E-state index is -0.151. The molecule has 1 aliphatic heterocycles. The zero-order chi connectivity index (χ0) is 14.7. The van der Waals surface area contributed by atoms with E-state index in [0.717, 1.165) is 37.0 Å². The lowest BCUT2D eigenvalue weighted by Crippen LogP contribution is -2.34. The minimum absolute atomic E-state index is 0.120. The third-order valence-electron chi connectivity index (χ3n) is 4.13. The topological polar surface area (TPSA) is 58.4 Å². The maximum atomic E-state index is 12.5. The Morgan fingerprint density at radius 3 is 2.57 bits per heavy atom. The van der Waals surface area contributed by atoms with Gasteiger partial charge in [0.25, 0.3) is 0 Å². The molecule has 0 aliphatic carbocycles. The predicted molar refractivity (Wildman–Crippen MR) is 80.7 cm³/mol. The average Bonchev–Trinajstić information content (AvgIpc) is 2.68. The number of aromatic nitrogens is 2. The van der Waals surface area contributed by atoms with Gasteiger partial charge in [0.1, 0.15) is 19.0 Å². The number of nitrogens with zero attached hydrogens (tertiary/aromatic N) is 3. The number of rotatable bonds is 3. The van der Waals surface area contributed by atoms with Gasteiger partial charge in [-0.2, -0.15) is 0 Å². The van der Waals surface area contributed by atoms with E-state index in [9.17, 15) is 9.90 Å². The SMILES string of the molecule is O=C(Cn1c(CO)nc2ccccc21)N1CCCCCC1. The van der Waals surface area contributed by atoms with Crippen molar-refractivity contribution in [2.45, 2.75) is 38.8 Å². The molecule has 0 unspecified atom stereocenters. The van der Waals surface area contributed by atoms with Crippen LogP contribution in [0.3, 0.4) is 0 Å². The summed E-state index contributed by atoms with van der Waals surface area (Å²) >= 11 is 0. The molecule has 1 aromatic carbocycles. The molecule has 0 spiro atoms. The molecule has 1 aromatic heterocycles. The van der Waals surface area contributed by atoms with Crippen LogP contribution in [0.25, 0.3) is 11.0 Å². The van der Waals surface area contributed by atoms with E-state index in [-0.39, 0.29) is 19.1 Å². The fraction of sp³-hybridized carbons (Fsp3) is 0.500. The molecule has 5 nitrogen and oxygen atoms in total. The quantitative estimate of drug-likeness (QED) is 0.938. The van der Waals surface area contributed by atoms with Crippen molar-refractivity contribution in [3.8, 4) is 0 Å². The minimum Gasteiger partial charge on any atom is -0.388 e. The lowest BCUT2D eigenvalue weighted by molar-refractivity contribution is -0.131. The molecule has 1 saturated heterocycles. The molecule has 5 heteroatoms. The van der Waals surface area contributed by atoms with E-state index in [2.05, 4.69) is 4.98 Å². The van der Waals surface area contributed by atoms with Gasteiger partial charge in [0.15, 0.2) is 0 Å². The van der Waals surface area contributed by atoms with Crippen molar-refractivity contribution in [1.29, 1.82) is 0 Å². The summed E-state index contributed by atoms with van der Waals surface area (Å²) in [4.78, 5) is 18.9. The van der Waals surface area contributed by atoms with Gasteiger partial charge in [0.05, 0.1) is 11.0 Å². The highest BCUT2D eigenvalue weighted by atomic mass is 16.3. The number of hydrogen-bond donors (Lipinski definition) is 1. The first-order valence-corrected chi connectivity index (χ1v) is 7.62. The largest absolute Gasteiger partial charge is 0.388 e. The van der Waals surface area contributed by atoms with Crippen LogP contribution in [0.1, 0.15) is 31.5 Å². The number of likely N-dealkylation sites (tertiary alicyclic amines) is 1. The van der Waals surface area contributed by atoms with E-state index in [0.29, 0.717) is 5.82 Å². The highest BCUT2D eigenvalue weighted by Gasteiger charge is 2.18. The standard InChI is InChI=1S/C16H21N3O2/c20-12-15-17-13-7-3-4-8-14(13)19(15)11-16(21)18-9-5-1-2-6-10-18/h3-4,7-8,20H,1-2,5-6,9-12H2. The summed E-state index contributed by atoms with van der Waals surface area (Å²) in [6.07, 6.45) is 4.59. The Kier molecular flexibility index (Phi) is 4.20. The highest BCUT2D eigenvalue weighted by molar-refractivity contribution is 5.81. The van der Waals surface area contributed by atoms with Crippen LogP contribution in [0.15, 0.2) is 24.3 Å².